The zero-order valence-corrected chi connectivity index (χ0v) is 8.26. The normalized spacial score (nSPS) is 11.7. The van der Waals surface area contributed by atoms with E-state index in [1.165, 1.54) is 0 Å². The highest BCUT2D eigenvalue weighted by Crippen LogP contribution is 1.84. The van der Waals surface area contributed by atoms with Crippen LogP contribution in [0.4, 0.5) is 0 Å². The smallest absolute Gasteiger partial charge is 0.0608 e. The van der Waals surface area contributed by atoms with Crippen LogP contribution in [0.2, 0.25) is 0 Å². The minimum absolute atomic E-state index is 0.199. The van der Waals surface area contributed by atoms with Crippen molar-refractivity contribution in [1.29, 1.82) is 0 Å². The second kappa shape index (κ2) is 12.1. The van der Waals surface area contributed by atoms with Crippen LogP contribution in [-0.4, -0.2) is 28.3 Å². The van der Waals surface area contributed by atoms with Crippen LogP contribution in [0.15, 0.2) is 0 Å². The largest absolute Gasteiger partial charge is 0.396 e. The van der Waals surface area contributed by atoms with Crippen molar-refractivity contribution in [3.05, 3.63) is 0 Å². The standard InChI is InChI=1S/C4H10O.C3H7BrO/c1-2-3-4-5;1-3(5)2-4/h5H,2-4H2,1H3;3,5H,2H2,1H3/t;3-/m.0/s1. The van der Waals surface area contributed by atoms with Gasteiger partial charge in [0.25, 0.3) is 0 Å². The summed E-state index contributed by atoms with van der Waals surface area (Å²) in [7, 11) is 0. The van der Waals surface area contributed by atoms with Crippen LogP contribution in [0.1, 0.15) is 26.7 Å². The highest BCUT2D eigenvalue weighted by Gasteiger charge is 1.83. The Morgan fingerprint density at radius 1 is 1.50 bits per heavy atom. The third-order valence-corrected chi connectivity index (χ3v) is 1.67. The predicted octanol–water partition coefficient (Wildman–Crippen LogP) is 1.54. The number of alkyl halides is 1. The van der Waals surface area contributed by atoms with Gasteiger partial charge in [0.15, 0.2) is 0 Å². The highest BCUT2D eigenvalue weighted by atomic mass is 79.9. The lowest BCUT2D eigenvalue weighted by Crippen LogP contribution is -1.97. The summed E-state index contributed by atoms with van der Waals surface area (Å²) >= 11 is 3.06. The molecule has 2 N–H and O–H groups in total. The summed E-state index contributed by atoms with van der Waals surface area (Å²) in [5.41, 5.74) is 0. The zero-order chi connectivity index (χ0) is 8.41. The number of aliphatic hydroxyl groups is 2. The highest BCUT2D eigenvalue weighted by molar-refractivity contribution is 9.09. The first-order chi connectivity index (χ1) is 4.68. The molecule has 3 heteroatoms. The van der Waals surface area contributed by atoms with Crippen LogP contribution in [0.25, 0.3) is 0 Å². The molecule has 0 unspecified atom stereocenters. The molecule has 0 saturated carbocycles. The van der Waals surface area contributed by atoms with Crippen molar-refractivity contribution in [2.24, 2.45) is 0 Å². The molecule has 64 valence electrons. The fourth-order valence-corrected chi connectivity index (χ4v) is 0.158. The Balaban J connectivity index is 0. The first-order valence-electron chi connectivity index (χ1n) is 3.53. The van der Waals surface area contributed by atoms with E-state index in [4.69, 9.17) is 10.2 Å². The van der Waals surface area contributed by atoms with Gasteiger partial charge in [-0.2, -0.15) is 0 Å². The van der Waals surface area contributed by atoms with Crippen LogP contribution < -0.4 is 0 Å². The van der Waals surface area contributed by atoms with E-state index in [0.29, 0.717) is 11.9 Å². The van der Waals surface area contributed by atoms with Crippen molar-refractivity contribution >= 4 is 15.9 Å². The van der Waals surface area contributed by atoms with E-state index in [0.717, 1.165) is 12.8 Å². The Kier molecular flexibility index (Phi) is 15.8. The lowest BCUT2D eigenvalue weighted by Gasteiger charge is -1.89. The van der Waals surface area contributed by atoms with Crippen LogP contribution in [-0.2, 0) is 0 Å². The molecule has 0 saturated heterocycles. The summed E-state index contributed by atoms with van der Waals surface area (Å²) in [5.74, 6) is 0. The average Bonchev–Trinajstić information content (AvgIpc) is 1.91. The Bertz CT molecular complexity index is 46.9. The second-order valence-electron chi connectivity index (χ2n) is 2.08. The molecule has 0 fully saturated rings. The van der Waals surface area contributed by atoms with Gasteiger partial charge in [0, 0.05) is 11.9 Å². The van der Waals surface area contributed by atoms with Gasteiger partial charge in [0.2, 0.25) is 0 Å². The maximum absolute atomic E-state index is 8.31. The van der Waals surface area contributed by atoms with E-state index in [-0.39, 0.29) is 6.10 Å². The third-order valence-electron chi connectivity index (χ3n) is 0.735. The van der Waals surface area contributed by atoms with Crippen molar-refractivity contribution in [3.63, 3.8) is 0 Å². The van der Waals surface area contributed by atoms with Crippen LogP contribution in [0, 0.1) is 0 Å². The maximum Gasteiger partial charge on any atom is 0.0608 e. The van der Waals surface area contributed by atoms with Crippen molar-refractivity contribution in [3.8, 4) is 0 Å². The van der Waals surface area contributed by atoms with Gasteiger partial charge >= 0.3 is 0 Å². The Hall–Kier alpha value is 0.400. The van der Waals surface area contributed by atoms with E-state index in [1.807, 2.05) is 0 Å². The molecule has 0 rings (SSSR count). The van der Waals surface area contributed by atoms with Crippen molar-refractivity contribution < 1.29 is 10.2 Å². The Morgan fingerprint density at radius 3 is 1.90 bits per heavy atom. The molecule has 1 atom stereocenters. The van der Waals surface area contributed by atoms with E-state index in [9.17, 15) is 0 Å². The molecular weight excluding hydrogens is 196 g/mol. The van der Waals surface area contributed by atoms with Gasteiger partial charge in [-0.05, 0) is 13.3 Å². The molecule has 0 aliphatic rings. The number of hydrogen-bond acceptors (Lipinski definition) is 2. The molecule has 10 heavy (non-hydrogen) atoms. The van der Waals surface area contributed by atoms with Gasteiger partial charge in [0.05, 0.1) is 6.10 Å². The van der Waals surface area contributed by atoms with Gasteiger partial charge in [-0.3, -0.25) is 0 Å². The quantitative estimate of drug-likeness (QED) is 0.698. The maximum atomic E-state index is 8.31. The number of hydrogen-bond donors (Lipinski definition) is 2. The van der Waals surface area contributed by atoms with Gasteiger partial charge in [-0.15, -0.1) is 0 Å². The number of rotatable bonds is 3. The fraction of sp³-hybridized carbons (Fsp3) is 1.00. The van der Waals surface area contributed by atoms with Crippen LogP contribution >= 0.6 is 15.9 Å². The molecule has 0 aliphatic heterocycles. The Morgan fingerprint density at radius 2 is 1.90 bits per heavy atom. The minimum Gasteiger partial charge on any atom is -0.396 e. The molecule has 0 aromatic heterocycles. The van der Waals surface area contributed by atoms with Gasteiger partial charge in [0.1, 0.15) is 0 Å². The Labute approximate surface area is 71.4 Å². The molecule has 0 radical (unpaired) electrons. The molecule has 0 amide bonds. The van der Waals surface area contributed by atoms with E-state index in [2.05, 4.69) is 22.9 Å². The number of halogens is 1. The topological polar surface area (TPSA) is 40.5 Å². The van der Waals surface area contributed by atoms with E-state index in [1.54, 1.807) is 6.92 Å². The summed E-state index contributed by atoms with van der Waals surface area (Å²) in [5, 5.41) is 17.1. The van der Waals surface area contributed by atoms with E-state index >= 15 is 0 Å². The monoisotopic (exact) mass is 212 g/mol. The number of aliphatic hydroxyl groups excluding tert-OH is 2. The van der Waals surface area contributed by atoms with Crippen LogP contribution in [0.3, 0.4) is 0 Å². The molecule has 0 aromatic rings. The van der Waals surface area contributed by atoms with Crippen LogP contribution in [0.5, 0.6) is 0 Å². The van der Waals surface area contributed by atoms with Gasteiger partial charge in [-0.25, -0.2) is 0 Å². The summed E-state index contributed by atoms with van der Waals surface area (Å²) < 4.78 is 0. The van der Waals surface area contributed by atoms with Crippen molar-refractivity contribution in [1.82, 2.24) is 0 Å². The molecule has 0 spiro atoms. The van der Waals surface area contributed by atoms with E-state index < -0.39 is 0 Å². The third kappa shape index (κ3) is 23.8. The lowest BCUT2D eigenvalue weighted by molar-refractivity contribution is 0.222. The van der Waals surface area contributed by atoms with Gasteiger partial charge in [-0.1, -0.05) is 29.3 Å². The molecule has 0 aliphatic carbocycles. The predicted molar refractivity (Wildman–Crippen MR) is 47.5 cm³/mol. The molecular formula is C7H17BrO2. The van der Waals surface area contributed by atoms with Crippen molar-refractivity contribution in [2.45, 2.75) is 32.8 Å². The summed E-state index contributed by atoms with van der Waals surface area (Å²) in [6, 6.07) is 0. The molecule has 0 aromatic carbocycles. The average molecular weight is 213 g/mol. The minimum atomic E-state index is -0.199. The first-order valence-corrected chi connectivity index (χ1v) is 4.66. The first kappa shape index (κ1) is 13.0. The zero-order valence-electron chi connectivity index (χ0n) is 6.68. The number of unbranched alkanes of at least 4 members (excludes halogenated alkanes) is 1. The summed E-state index contributed by atoms with van der Waals surface area (Å²) in [6.07, 6.45) is 1.84. The summed E-state index contributed by atoms with van der Waals surface area (Å²) in [6.45, 7) is 4.13. The molecule has 2 nitrogen and oxygen atoms in total. The SMILES string of the molecule is CCCCO.C[C@H](O)CBr. The second-order valence-corrected chi connectivity index (χ2v) is 2.73. The molecule has 0 heterocycles. The van der Waals surface area contributed by atoms with Gasteiger partial charge < -0.3 is 10.2 Å². The van der Waals surface area contributed by atoms with Crippen molar-refractivity contribution in [2.75, 3.05) is 11.9 Å². The molecule has 0 bridgehead atoms. The summed E-state index contributed by atoms with van der Waals surface area (Å²) in [4.78, 5) is 0. The lowest BCUT2D eigenvalue weighted by atomic mass is 10.4. The fourth-order valence-electron chi connectivity index (χ4n) is 0.158.